The Balaban J connectivity index is 2.05. The molecular weight excluding hydrogens is 268 g/mol. The van der Waals surface area contributed by atoms with E-state index >= 15 is 0 Å². The van der Waals surface area contributed by atoms with Gasteiger partial charge in [-0.15, -0.1) is 0 Å². The molecule has 0 aliphatic heterocycles. The lowest BCUT2D eigenvalue weighted by Gasteiger charge is -2.13. The highest BCUT2D eigenvalue weighted by Gasteiger charge is 2.40. The largest absolute Gasteiger partial charge is 0.219 e. The maximum Gasteiger partial charge on any atom is 0.203 e. The SMILES string of the molecule is CC(C)=C1C2C=CC1C(S(=O)(=O)c1ccc(C)cc1)=C2. The highest BCUT2D eigenvalue weighted by atomic mass is 32.2. The van der Waals surface area contributed by atoms with Crippen LogP contribution in [0.1, 0.15) is 19.4 Å². The molecule has 0 amide bonds. The number of aryl methyl sites for hydroxylation is 1. The van der Waals surface area contributed by atoms with Crippen molar-refractivity contribution >= 4 is 9.84 Å². The Hall–Kier alpha value is -1.61. The zero-order valence-corrected chi connectivity index (χ0v) is 12.7. The molecule has 0 spiro atoms. The van der Waals surface area contributed by atoms with Gasteiger partial charge >= 0.3 is 0 Å². The summed E-state index contributed by atoms with van der Waals surface area (Å²) < 4.78 is 25.6. The summed E-state index contributed by atoms with van der Waals surface area (Å²) >= 11 is 0. The molecule has 1 aromatic rings. The Kier molecular flexibility index (Phi) is 2.98. The van der Waals surface area contributed by atoms with Crippen LogP contribution in [0.2, 0.25) is 0 Å². The van der Waals surface area contributed by atoms with E-state index in [0.29, 0.717) is 9.80 Å². The van der Waals surface area contributed by atoms with E-state index in [1.807, 2.05) is 31.2 Å². The Labute approximate surface area is 120 Å². The van der Waals surface area contributed by atoms with E-state index in [-0.39, 0.29) is 11.8 Å². The molecule has 2 aliphatic rings. The van der Waals surface area contributed by atoms with Crippen LogP contribution in [0.5, 0.6) is 0 Å². The summed E-state index contributed by atoms with van der Waals surface area (Å²) in [5.41, 5.74) is 3.52. The van der Waals surface area contributed by atoms with Crippen LogP contribution in [0, 0.1) is 18.8 Å². The topological polar surface area (TPSA) is 34.1 Å². The predicted molar refractivity (Wildman–Crippen MR) is 80.9 cm³/mol. The molecule has 20 heavy (non-hydrogen) atoms. The maximum atomic E-state index is 12.8. The number of allylic oxidation sites excluding steroid dienone is 6. The molecular formula is C17H18O2S. The Morgan fingerprint density at radius 1 is 1.05 bits per heavy atom. The first-order chi connectivity index (χ1) is 9.41. The van der Waals surface area contributed by atoms with Crippen LogP contribution in [0.3, 0.4) is 0 Å². The quantitative estimate of drug-likeness (QED) is 0.775. The van der Waals surface area contributed by atoms with Gasteiger partial charge in [-0.2, -0.15) is 0 Å². The second-order valence-electron chi connectivity index (χ2n) is 5.73. The fourth-order valence-corrected chi connectivity index (χ4v) is 4.71. The summed E-state index contributed by atoms with van der Waals surface area (Å²) in [5, 5.41) is 0. The van der Waals surface area contributed by atoms with Crippen LogP contribution in [-0.2, 0) is 9.84 Å². The van der Waals surface area contributed by atoms with Crippen molar-refractivity contribution in [3.8, 4) is 0 Å². The average molecular weight is 286 g/mol. The van der Waals surface area contributed by atoms with E-state index in [1.54, 1.807) is 12.1 Å². The lowest BCUT2D eigenvalue weighted by molar-refractivity contribution is 0.599. The molecule has 0 aromatic heterocycles. The third-order valence-corrected chi connectivity index (χ3v) is 5.98. The highest BCUT2D eigenvalue weighted by Crippen LogP contribution is 2.47. The van der Waals surface area contributed by atoms with Gasteiger partial charge in [0.05, 0.1) is 9.80 Å². The number of rotatable bonds is 2. The van der Waals surface area contributed by atoms with Gasteiger partial charge < -0.3 is 0 Å². The van der Waals surface area contributed by atoms with Gasteiger partial charge in [0.25, 0.3) is 0 Å². The molecule has 0 saturated heterocycles. The van der Waals surface area contributed by atoms with Crippen LogP contribution in [-0.4, -0.2) is 8.42 Å². The van der Waals surface area contributed by atoms with Gasteiger partial charge in [-0.1, -0.05) is 41.5 Å². The zero-order valence-electron chi connectivity index (χ0n) is 11.9. The fourth-order valence-electron chi connectivity index (χ4n) is 3.07. The maximum absolute atomic E-state index is 12.8. The van der Waals surface area contributed by atoms with Crippen LogP contribution < -0.4 is 0 Å². The van der Waals surface area contributed by atoms with Gasteiger partial charge in [0.15, 0.2) is 0 Å². The molecule has 1 aromatic carbocycles. The van der Waals surface area contributed by atoms with E-state index in [4.69, 9.17) is 0 Å². The van der Waals surface area contributed by atoms with E-state index in [1.165, 1.54) is 11.1 Å². The van der Waals surface area contributed by atoms with Gasteiger partial charge in [0.1, 0.15) is 0 Å². The monoisotopic (exact) mass is 286 g/mol. The molecule has 0 radical (unpaired) electrons. The fraction of sp³-hybridized carbons (Fsp3) is 0.294. The predicted octanol–water partition coefficient (Wildman–Crippen LogP) is 3.80. The number of fused-ring (bicyclic) bond motifs is 2. The minimum atomic E-state index is -3.38. The lowest BCUT2D eigenvalue weighted by Crippen LogP contribution is -2.10. The first-order valence-electron chi connectivity index (χ1n) is 6.80. The van der Waals surface area contributed by atoms with Crippen molar-refractivity contribution < 1.29 is 8.42 Å². The van der Waals surface area contributed by atoms with Crippen LogP contribution in [0.4, 0.5) is 0 Å². The summed E-state index contributed by atoms with van der Waals surface area (Å²) in [7, 11) is -3.38. The molecule has 2 aliphatic carbocycles. The van der Waals surface area contributed by atoms with Crippen LogP contribution >= 0.6 is 0 Å². The summed E-state index contributed by atoms with van der Waals surface area (Å²) in [4.78, 5) is 0.938. The zero-order chi connectivity index (χ0) is 14.5. The molecule has 2 atom stereocenters. The van der Waals surface area contributed by atoms with E-state index in [0.717, 1.165) is 5.56 Å². The summed E-state index contributed by atoms with van der Waals surface area (Å²) in [6.07, 6.45) is 6.03. The molecule has 0 N–H and O–H groups in total. The Bertz CT molecular complexity index is 743. The summed E-state index contributed by atoms with van der Waals surface area (Å²) in [6, 6.07) is 7.09. The van der Waals surface area contributed by atoms with Crippen LogP contribution in [0.25, 0.3) is 0 Å². The molecule has 2 unspecified atom stereocenters. The standard InChI is InChI=1S/C17H18O2S/c1-11(2)17-13-6-9-15(17)16(10-13)20(18,19)14-7-4-12(3)5-8-14/h4-10,13,15H,1-3H3. The van der Waals surface area contributed by atoms with Gasteiger partial charge in [-0.3, -0.25) is 0 Å². The van der Waals surface area contributed by atoms with Crippen molar-refractivity contribution in [3.05, 3.63) is 64.1 Å². The van der Waals surface area contributed by atoms with E-state index in [9.17, 15) is 8.42 Å². The number of sulfone groups is 1. The minimum absolute atomic E-state index is 0.0590. The van der Waals surface area contributed by atoms with Gasteiger partial charge in [0.2, 0.25) is 9.84 Å². The summed E-state index contributed by atoms with van der Waals surface area (Å²) in [5.74, 6) is 0.108. The van der Waals surface area contributed by atoms with Gasteiger partial charge in [0, 0.05) is 11.8 Å². The average Bonchev–Trinajstić information content (AvgIpc) is 2.97. The van der Waals surface area contributed by atoms with Crippen molar-refractivity contribution in [3.63, 3.8) is 0 Å². The van der Waals surface area contributed by atoms with Gasteiger partial charge in [-0.05, 0) is 38.5 Å². The van der Waals surface area contributed by atoms with Crippen molar-refractivity contribution in [2.75, 3.05) is 0 Å². The molecule has 2 nitrogen and oxygen atoms in total. The van der Waals surface area contributed by atoms with E-state index in [2.05, 4.69) is 19.9 Å². The molecule has 0 saturated carbocycles. The Morgan fingerprint density at radius 2 is 1.70 bits per heavy atom. The Morgan fingerprint density at radius 3 is 2.25 bits per heavy atom. The molecule has 3 heteroatoms. The van der Waals surface area contributed by atoms with Crippen molar-refractivity contribution in [1.29, 1.82) is 0 Å². The van der Waals surface area contributed by atoms with E-state index < -0.39 is 9.84 Å². The first kappa shape index (κ1) is 13.4. The van der Waals surface area contributed by atoms with Crippen LogP contribution in [0.15, 0.2) is 63.4 Å². The second kappa shape index (κ2) is 4.45. The molecule has 3 rings (SSSR count). The first-order valence-corrected chi connectivity index (χ1v) is 8.28. The number of hydrogen-bond acceptors (Lipinski definition) is 2. The van der Waals surface area contributed by atoms with Gasteiger partial charge in [-0.25, -0.2) is 8.42 Å². The molecule has 2 bridgehead atoms. The third kappa shape index (κ3) is 1.88. The summed E-state index contributed by atoms with van der Waals surface area (Å²) in [6.45, 7) is 6.06. The second-order valence-corrected chi connectivity index (χ2v) is 7.68. The third-order valence-electron chi connectivity index (χ3n) is 4.07. The van der Waals surface area contributed by atoms with Crippen molar-refractivity contribution in [2.24, 2.45) is 11.8 Å². The lowest BCUT2D eigenvalue weighted by atomic mass is 9.98. The normalized spacial score (nSPS) is 24.1. The van der Waals surface area contributed by atoms with Crippen molar-refractivity contribution in [2.45, 2.75) is 25.7 Å². The number of benzene rings is 1. The highest BCUT2D eigenvalue weighted by molar-refractivity contribution is 7.95. The molecule has 0 heterocycles. The van der Waals surface area contributed by atoms with Crippen molar-refractivity contribution in [1.82, 2.24) is 0 Å². The molecule has 0 fully saturated rings. The smallest absolute Gasteiger partial charge is 0.203 e. The minimum Gasteiger partial charge on any atom is -0.219 e. The molecule has 104 valence electrons. The number of hydrogen-bond donors (Lipinski definition) is 0.